The van der Waals surface area contributed by atoms with Gasteiger partial charge in [0.2, 0.25) is 11.8 Å². The largest absolute Gasteiger partial charge is 0.394 e. The Labute approximate surface area is 171 Å². The van der Waals surface area contributed by atoms with Crippen LogP contribution in [-0.2, 0) is 25.5 Å². The van der Waals surface area contributed by atoms with Crippen LogP contribution in [0.2, 0.25) is 0 Å². The van der Waals surface area contributed by atoms with Gasteiger partial charge in [-0.25, -0.2) is 0 Å². The van der Waals surface area contributed by atoms with Gasteiger partial charge in [-0.05, 0) is 49.8 Å². The first-order valence-electron chi connectivity index (χ1n) is 10.5. The number of carbonyl (C=O) groups is 2. The van der Waals surface area contributed by atoms with Gasteiger partial charge in [-0.15, -0.1) is 0 Å². The molecule has 0 saturated carbocycles. The van der Waals surface area contributed by atoms with Gasteiger partial charge in [0.05, 0.1) is 25.2 Å². The van der Waals surface area contributed by atoms with Crippen LogP contribution in [0.5, 0.6) is 0 Å². The Kier molecular flexibility index (Phi) is 8.39. The molecule has 2 aliphatic rings. The second-order valence-corrected chi connectivity index (χ2v) is 7.73. The molecule has 1 aromatic heterocycles. The van der Waals surface area contributed by atoms with Crippen LogP contribution in [0.1, 0.15) is 37.7 Å². The highest BCUT2D eigenvalue weighted by molar-refractivity contribution is 5.79. The summed E-state index contributed by atoms with van der Waals surface area (Å²) in [6.45, 7) is 1.63. The van der Waals surface area contributed by atoms with E-state index in [0.717, 1.165) is 31.2 Å². The van der Waals surface area contributed by atoms with Crippen molar-refractivity contribution in [1.29, 1.82) is 0 Å². The van der Waals surface area contributed by atoms with Gasteiger partial charge in [0.15, 0.2) is 0 Å². The van der Waals surface area contributed by atoms with E-state index in [9.17, 15) is 14.7 Å². The molecule has 0 unspecified atom stereocenters. The van der Waals surface area contributed by atoms with Crippen LogP contribution < -0.4 is 10.6 Å². The van der Waals surface area contributed by atoms with Crippen LogP contribution in [-0.4, -0.2) is 66.5 Å². The number of carbonyl (C=O) groups excluding carboxylic acids is 2. The van der Waals surface area contributed by atoms with Crippen molar-refractivity contribution < 1.29 is 24.2 Å². The quantitative estimate of drug-likeness (QED) is 0.584. The van der Waals surface area contributed by atoms with Crippen molar-refractivity contribution in [2.24, 2.45) is 5.92 Å². The Balaban J connectivity index is 1.37. The van der Waals surface area contributed by atoms with Crippen molar-refractivity contribution in [2.45, 2.75) is 56.8 Å². The molecule has 0 bridgehead atoms. The molecule has 2 fully saturated rings. The molecule has 0 spiro atoms. The lowest BCUT2D eigenvalue weighted by molar-refractivity contribution is -0.135. The normalized spacial score (nSPS) is 25.3. The van der Waals surface area contributed by atoms with E-state index in [1.54, 1.807) is 12.4 Å². The Morgan fingerprint density at radius 1 is 1.14 bits per heavy atom. The summed E-state index contributed by atoms with van der Waals surface area (Å²) >= 11 is 0. The number of aliphatic hydroxyl groups is 1. The van der Waals surface area contributed by atoms with Crippen LogP contribution >= 0.6 is 0 Å². The van der Waals surface area contributed by atoms with Gasteiger partial charge in [-0.2, -0.15) is 0 Å². The first-order chi connectivity index (χ1) is 14.2. The molecule has 3 rings (SSSR count). The number of hydrogen-bond acceptors (Lipinski definition) is 6. The van der Waals surface area contributed by atoms with E-state index in [4.69, 9.17) is 9.47 Å². The van der Waals surface area contributed by atoms with Crippen LogP contribution in [0.15, 0.2) is 24.5 Å². The summed E-state index contributed by atoms with van der Waals surface area (Å²) in [6.07, 6.45) is 6.93. The lowest BCUT2D eigenvalue weighted by Crippen LogP contribution is -2.52. The summed E-state index contributed by atoms with van der Waals surface area (Å²) < 4.78 is 11.3. The number of hydrogen-bond donors (Lipinski definition) is 3. The van der Waals surface area contributed by atoms with Gasteiger partial charge in [0.25, 0.3) is 0 Å². The Morgan fingerprint density at radius 3 is 2.62 bits per heavy atom. The van der Waals surface area contributed by atoms with E-state index in [0.29, 0.717) is 32.6 Å². The number of nitrogens with zero attached hydrogens (tertiary/aromatic N) is 1. The lowest BCUT2D eigenvalue weighted by Gasteiger charge is -2.37. The zero-order valence-electron chi connectivity index (χ0n) is 16.7. The molecule has 3 atom stereocenters. The van der Waals surface area contributed by atoms with Crippen molar-refractivity contribution in [2.75, 3.05) is 26.4 Å². The molecule has 0 radical (unpaired) electrons. The molecule has 2 saturated heterocycles. The first-order valence-corrected chi connectivity index (χ1v) is 10.5. The summed E-state index contributed by atoms with van der Waals surface area (Å²) in [6, 6.07) is 3.47. The van der Waals surface area contributed by atoms with Gasteiger partial charge >= 0.3 is 0 Å². The first kappa shape index (κ1) is 21.7. The molecule has 0 aromatic carbocycles. The molecule has 3 N–H and O–H groups in total. The van der Waals surface area contributed by atoms with Gasteiger partial charge in [0, 0.05) is 38.1 Å². The monoisotopic (exact) mass is 405 g/mol. The highest BCUT2D eigenvalue weighted by atomic mass is 16.5. The summed E-state index contributed by atoms with van der Waals surface area (Å²) in [4.78, 5) is 28.4. The average molecular weight is 405 g/mol. The van der Waals surface area contributed by atoms with Gasteiger partial charge in [-0.1, -0.05) is 0 Å². The Bertz CT molecular complexity index is 651. The molecule has 8 nitrogen and oxygen atoms in total. The van der Waals surface area contributed by atoms with Crippen molar-refractivity contribution >= 4 is 11.8 Å². The molecule has 8 heteroatoms. The highest BCUT2D eigenvalue weighted by Gasteiger charge is 2.33. The fraction of sp³-hybridized carbons (Fsp3) is 0.667. The SMILES string of the molecule is O=C(Cc1ccncc1)NCC[C@H]1CC[C@H](NC(=O)C2CCOCC2)[C@@H](CO)O1. The van der Waals surface area contributed by atoms with E-state index in [2.05, 4.69) is 15.6 Å². The number of ether oxygens (including phenoxy) is 2. The van der Waals surface area contributed by atoms with Gasteiger partial charge in [-0.3, -0.25) is 14.6 Å². The maximum atomic E-state index is 12.5. The van der Waals surface area contributed by atoms with E-state index >= 15 is 0 Å². The molecule has 2 aliphatic heterocycles. The van der Waals surface area contributed by atoms with Gasteiger partial charge in [0.1, 0.15) is 6.10 Å². The standard InChI is InChI=1S/C21H31N3O5/c25-14-19-18(24-21(27)16-6-11-28-12-7-16)2-1-17(29-19)5-10-23-20(26)13-15-3-8-22-9-4-15/h3-4,8-9,16-19,25H,1-2,5-7,10-14H2,(H,23,26)(H,24,27)/t17-,18+,19-/m1/s1. The highest BCUT2D eigenvalue weighted by Crippen LogP contribution is 2.23. The van der Waals surface area contributed by atoms with E-state index in [1.807, 2.05) is 12.1 Å². The number of aromatic nitrogens is 1. The fourth-order valence-corrected chi connectivity index (χ4v) is 3.89. The second kappa shape index (κ2) is 11.2. The molecule has 0 aliphatic carbocycles. The van der Waals surface area contributed by atoms with Crippen LogP contribution in [0.3, 0.4) is 0 Å². The summed E-state index contributed by atoms with van der Waals surface area (Å²) in [7, 11) is 0. The second-order valence-electron chi connectivity index (χ2n) is 7.73. The van der Waals surface area contributed by atoms with E-state index in [-0.39, 0.29) is 36.5 Å². The third-order valence-electron chi connectivity index (χ3n) is 5.62. The van der Waals surface area contributed by atoms with E-state index < -0.39 is 6.10 Å². The Hall–Kier alpha value is -2.03. The zero-order valence-corrected chi connectivity index (χ0v) is 16.7. The predicted octanol–water partition coefficient (Wildman–Crippen LogP) is 0.582. The van der Waals surface area contributed by atoms with Crippen LogP contribution in [0.25, 0.3) is 0 Å². The van der Waals surface area contributed by atoms with Crippen molar-refractivity contribution in [3.63, 3.8) is 0 Å². The number of amides is 2. The molecule has 3 heterocycles. The fourth-order valence-electron chi connectivity index (χ4n) is 3.89. The molecule has 29 heavy (non-hydrogen) atoms. The van der Waals surface area contributed by atoms with Crippen LogP contribution in [0, 0.1) is 5.92 Å². The van der Waals surface area contributed by atoms with E-state index in [1.165, 1.54) is 0 Å². The number of rotatable bonds is 8. The third-order valence-corrected chi connectivity index (χ3v) is 5.62. The van der Waals surface area contributed by atoms with Gasteiger partial charge < -0.3 is 25.2 Å². The third kappa shape index (κ3) is 6.76. The number of pyridine rings is 1. The lowest BCUT2D eigenvalue weighted by atomic mass is 9.94. The minimum absolute atomic E-state index is 0.0172. The summed E-state index contributed by atoms with van der Waals surface area (Å²) in [5, 5.41) is 15.7. The molecule has 1 aromatic rings. The smallest absolute Gasteiger partial charge is 0.224 e. The Morgan fingerprint density at radius 2 is 1.90 bits per heavy atom. The van der Waals surface area contributed by atoms with Crippen molar-refractivity contribution in [1.82, 2.24) is 15.6 Å². The zero-order chi connectivity index (χ0) is 20.5. The topological polar surface area (TPSA) is 110 Å². The predicted molar refractivity (Wildman–Crippen MR) is 106 cm³/mol. The maximum Gasteiger partial charge on any atom is 0.224 e. The minimum atomic E-state index is -0.412. The minimum Gasteiger partial charge on any atom is -0.394 e. The van der Waals surface area contributed by atoms with Crippen molar-refractivity contribution in [3.05, 3.63) is 30.1 Å². The average Bonchev–Trinajstić information content (AvgIpc) is 2.76. The molecule has 160 valence electrons. The molecule has 2 amide bonds. The van der Waals surface area contributed by atoms with Crippen LogP contribution in [0.4, 0.5) is 0 Å². The summed E-state index contributed by atoms with van der Waals surface area (Å²) in [5.74, 6) is -0.0223. The summed E-state index contributed by atoms with van der Waals surface area (Å²) in [5.41, 5.74) is 0.926. The molecular weight excluding hydrogens is 374 g/mol. The van der Waals surface area contributed by atoms with Crippen molar-refractivity contribution in [3.8, 4) is 0 Å². The molecular formula is C21H31N3O5. The number of nitrogens with one attached hydrogen (secondary N) is 2. The maximum absolute atomic E-state index is 12.5. The number of aliphatic hydroxyl groups excluding tert-OH is 1.